The molecule has 1 fully saturated rings. The van der Waals surface area contributed by atoms with E-state index in [1.807, 2.05) is 42.5 Å². The van der Waals surface area contributed by atoms with Gasteiger partial charge in [0.1, 0.15) is 0 Å². The summed E-state index contributed by atoms with van der Waals surface area (Å²) in [5, 5.41) is 10.2. The lowest BCUT2D eigenvalue weighted by Crippen LogP contribution is -2.44. The molecular weight excluding hydrogens is 529 g/mol. The summed E-state index contributed by atoms with van der Waals surface area (Å²) < 4.78 is 4.60. The number of rotatable bonds is 6. The van der Waals surface area contributed by atoms with Crippen LogP contribution in [-0.2, 0) is 11.3 Å². The van der Waals surface area contributed by atoms with Crippen LogP contribution in [0.15, 0.2) is 53.5 Å². The SMILES string of the molecule is CCNC(=NCc1ccc(NC(=O)OC)cc1)NC1CCN(c2cccc(Cl)c2)C1.I. The summed E-state index contributed by atoms with van der Waals surface area (Å²) in [7, 11) is 1.34. The highest BCUT2D eigenvalue weighted by molar-refractivity contribution is 14.0. The van der Waals surface area contributed by atoms with Crippen molar-refractivity contribution in [2.45, 2.75) is 25.9 Å². The number of guanidine groups is 1. The van der Waals surface area contributed by atoms with Crippen LogP contribution in [0, 0.1) is 0 Å². The highest BCUT2D eigenvalue weighted by Gasteiger charge is 2.23. The Morgan fingerprint density at radius 3 is 2.71 bits per heavy atom. The molecule has 0 aromatic heterocycles. The minimum atomic E-state index is -0.484. The smallest absolute Gasteiger partial charge is 0.411 e. The minimum absolute atomic E-state index is 0. The molecule has 3 N–H and O–H groups in total. The number of anilines is 2. The molecule has 7 nitrogen and oxygen atoms in total. The van der Waals surface area contributed by atoms with Gasteiger partial charge >= 0.3 is 6.09 Å². The summed E-state index contributed by atoms with van der Waals surface area (Å²) in [5.41, 5.74) is 2.88. The predicted molar refractivity (Wildman–Crippen MR) is 138 cm³/mol. The Kier molecular flexibility index (Phi) is 10.2. The number of carbonyl (C=O) groups excluding carboxylic acids is 1. The standard InChI is InChI=1S/C22H28ClN5O2.HI/c1-3-24-21(25-14-16-7-9-18(10-8-16)27-22(29)30-2)26-19-11-12-28(15-19)20-6-4-5-17(23)13-20;/h4-10,13,19H,3,11-12,14-15H2,1-2H3,(H,27,29)(H2,24,25,26);1H. The van der Waals surface area contributed by atoms with Gasteiger partial charge in [-0.15, -0.1) is 24.0 Å². The van der Waals surface area contributed by atoms with E-state index in [0.717, 1.165) is 48.3 Å². The number of halogens is 2. The number of amides is 1. The maximum absolute atomic E-state index is 11.3. The summed E-state index contributed by atoms with van der Waals surface area (Å²) in [6.07, 6.45) is 0.549. The first-order valence-electron chi connectivity index (χ1n) is 10.1. The Labute approximate surface area is 205 Å². The molecule has 2 aromatic rings. The summed E-state index contributed by atoms with van der Waals surface area (Å²) >= 11 is 6.13. The van der Waals surface area contributed by atoms with E-state index in [2.05, 4.69) is 38.6 Å². The summed E-state index contributed by atoms with van der Waals surface area (Å²) in [5.74, 6) is 0.798. The highest BCUT2D eigenvalue weighted by atomic mass is 127. The topological polar surface area (TPSA) is 78.0 Å². The van der Waals surface area contributed by atoms with Gasteiger partial charge in [0.05, 0.1) is 13.7 Å². The third kappa shape index (κ3) is 7.77. The maximum atomic E-state index is 11.3. The van der Waals surface area contributed by atoms with Gasteiger partial charge in [0, 0.05) is 42.1 Å². The van der Waals surface area contributed by atoms with Gasteiger partial charge in [0.2, 0.25) is 0 Å². The lowest BCUT2D eigenvalue weighted by Gasteiger charge is -2.20. The Morgan fingerprint density at radius 2 is 2.03 bits per heavy atom. The third-order valence-electron chi connectivity index (χ3n) is 4.85. The second-order valence-corrected chi connectivity index (χ2v) is 7.50. The third-order valence-corrected chi connectivity index (χ3v) is 5.09. The first-order chi connectivity index (χ1) is 14.6. The molecular formula is C22H29ClIN5O2. The summed E-state index contributed by atoms with van der Waals surface area (Å²) in [4.78, 5) is 18.3. The van der Waals surface area contributed by atoms with Crippen LogP contribution in [0.3, 0.4) is 0 Å². The number of aliphatic imine (C=N–C) groups is 1. The molecule has 0 saturated carbocycles. The van der Waals surface area contributed by atoms with Crippen molar-refractivity contribution < 1.29 is 9.53 Å². The number of methoxy groups -OCH3 is 1. The molecule has 1 aliphatic heterocycles. The van der Waals surface area contributed by atoms with Gasteiger partial charge in [-0.3, -0.25) is 5.32 Å². The van der Waals surface area contributed by atoms with E-state index in [1.165, 1.54) is 7.11 Å². The van der Waals surface area contributed by atoms with Crippen LogP contribution in [0.4, 0.5) is 16.2 Å². The van der Waals surface area contributed by atoms with Gasteiger partial charge in [0.15, 0.2) is 5.96 Å². The average Bonchev–Trinajstić information content (AvgIpc) is 3.22. The van der Waals surface area contributed by atoms with Crippen LogP contribution in [0.5, 0.6) is 0 Å². The lowest BCUT2D eigenvalue weighted by atomic mass is 10.2. The van der Waals surface area contributed by atoms with Crippen LogP contribution < -0.4 is 20.9 Å². The molecule has 9 heteroatoms. The molecule has 1 heterocycles. The van der Waals surface area contributed by atoms with Crippen molar-refractivity contribution in [3.8, 4) is 0 Å². The first-order valence-corrected chi connectivity index (χ1v) is 10.4. The van der Waals surface area contributed by atoms with Gasteiger partial charge in [-0.25, -0.2) is 9.79 Å². The monoisotopic (exact) mass is 557 g/mol. The van der Waals surface area contributed by atoms with Crippen LogP contribution in [0.2, 0.25) is 5.02 Å². The molecule has 0 bridgehead atoms. The number of benzene rings is 2. The van der Waals surface area contributed by atoms with E-state index in [9.17, 15) is 4.79 Å². The normalized spacial score (nSPS) is 15.8. The van der Waals surface area contributed by atoms with Gasteiger partial charge in [-0.2, -0.15) is 0 Å². The number of ether oxygens (including phenoxy) is 1. The maximum Gasteiger partial charge on any atom is 0.411 e. The van der Waals surface area contributed by atoms with E-state index >= 15 is 0 Å². The fourth-order valence-electron chi connectivity index (χ4n) is 3.33. The van der Waals surface area contributed by atoms with Gasteiger partial charge in [0.25, 0.3) is 0 Å². The van der Waals surface area contributed by atoms with Gasteiger partial charge in [-0.1, -0.05) is 29.8 Å². The molecule has 0 spiro atoms. The van der Waals surface area contributed by atoms with Crippen molar-refractivity contribution in [2.75, 3.05) is 37.0 Å². The zero-order valence-electron chi connectivity index (χ0n) is 17.7. The van der Waals surface area contributed by atoms with Crippen molar-refractivity contribution >= 4 is 59.0 Å². The second-order valence-electron chi connectivity index (χ2n) is 7.06. The second kappa shape index (κ2) is 12.6. The Hall–Kier alpha value is -2.20. The molecule has 1 aliphatic rings. The molecule has 3 rings (SSSR count). The van der Waals surface area contributed by atoms with Crippen LogP contribution in [-0.4, -0.2) is 44.8 Å². The molecule has 0 radical (unpaired) electrons. The van der Waals surface area contributed by atoms with E-state index < -0.39 is 6.09 Å². The van der Waals surface area contributed by atoms with Crippen molar-refractivity contribution in [1.29, 1.82) is 0 Å². The van der Waals surface area contributed by atoms with E-state index in [0.29, 0.717) is 18.3 Å². The Balaban J connectivity index is 0.00000341. The number of carbonyl (C=O) groups is 1. The van der Waals surface area contributed by atoms with Crippen molar-refractivity contribution in [1.82, 2.24) is 10.6 Å². The number of hydrogen-bond acceptors (Lipinski definition) is 4. The van der Waals surface area contributed by atoms with Crippen LogP contribution in [0.25, 0.3) is 0 Å². The number of hydrogen-bond donors (Lipinski definition) is 3. The summed E-state index contributed by atoms with van der Waals surface area (Å²) in [6.45, 7) is 5.26. The zero-order valence-corrected chi connectivity index (χ0v) is 20.8. The van der Waals surface area contributed by atoms with Gasteiger partial charge in [-0.05, 0) is 49.2 Å². The zero-order chi connectivity index (χ0) is 21.3. The number of nitrogens with zero attached hydrogens (tertiary/aromatic N) is 2. The van der Waals surface area contributed by atoms with Crippen LogP contribution in [0.1, 0.15) is 18.9 Å². The molecule has 0 aliphatic carbocycles. The number of nitrogens with one attached hydrogen (secondary N) is 3. The minimum Gasteiger partial charge on any atom is -0.453 e. The molecule has 31 heavy (non-hydrogen) atoms. The summed E-state index contributed by atoms with van der Waals surface area (Å²) in [6, 6.07) is 15.8. The van der Waals surface area contributed by atoms with E-state index in [-0.39, 0.29) is 24.0 Å². The molecule has 1 amide bonds. The van der Waals surface area contributed by atoms with Crippen molar-refractivity contribution in [3.63, 3.8) is 0 Å². The largest absolute Gasteiger partial charge is 0.453 e. The van der Waals surface area contributed by atoms with E-state index in [1.54, 1.807) is 0 Å². The molecule has 168 valence electrons. The molecule has 1 saturated heterocycles. The van der Waals surface area contributed by atoms with Crippen LogP contribution >= 0.6 is 35.6 Å². The molecule has 1 unspecified atom stereocenters. The molecule has 1 atom stereocenters. The van der Waals surface area contributed by atoms with Gasteiger partial charge < -0.3 is 20.3 Å². The first kappa shape index (κ1) is 25.1. The Morgan fingerprint density at radius 1 is 1.26 bits per heavy atom. The average molecular weight is 558 g/mol. The molecule has 2 aromatic carbocycles. The van der Waals surface area contributed by atoms with Crippen molar-refractivity contribution in [2.24, 2.45) is 4.99 Å². The highest BCUT2D eigenvalue weighted by Crippen LogP contribution is 2.23. The predicted octanol–water partition coefficient (Wildman–Crippen LogP) is 4.47. The van der Waals surface area contributed by atoms with Crippen molar-refractivity contribution in [3.05, 3.63) is 59.1 Å². The van der Waals surface area contributed by atoms with E-state index in [4.69, 9.17) is 16.6 Å². The fraction of sp³-hybridized carbons (Fsp3) is 0.364. The lowest BCUT2D eigenvalue weighted by molar-refractivity contribution is 0.187. The quantitative estimate of drug-likeness (QED) is 0.278. The Bertz CT molecular complexity index is 878. The fourth-order valence-corrected chi connectivity index (χ4v) is 3.52.